The molecule has 0 saturated heterocycles. The number of thiophene rings is 1. The summed E-state index contributed by atoms with van der Waals surface area (Å²) in [4.78, 5) is 2.71. The summed E-state index contributed by atoms with van der Waals surface area (Å²) < 4.78 is 2.96. The summed E-state index contributed by atoms with van der Waals surface area (Å²) in [6, 6.07) is 4.36. The van der Waals surface area contributed by atoms with Crippen LogP contribution in [0.4, 0.5) is 0 Å². The summed E-state index contributed by atoms with van der Waals surface area (Å²) in [5, 5.41) is 7.57. The fourth-order valence-corrected chi connectivity index (χ4v) is 2.74. The van der Waals surface area contributed by atoms with E-state index in [1.807, 2.05) is 28.4 Å². The third-order valence-electron chi connectivity index (χ3n) is 2.19. The van der Waals surface area contributed by atoms with Gasteiger partial charge in [-0.05, 0) is 34.6 Å². The van der Waals surface area contributed by atoms with Crippen LogP contribution in [0.2, 0.25) is 0 Å². The van der Waals surface area contributed by atoms with Gasteiger partial charge in [0.05, 0.1) is 17.2 Å². The van der Waals surface area contributed by atoms with Gasteiger partial charge in [-0.1, -0.05) is 6.92 Å². The number of nitrogens with one attached hydrogen (secondary N) is 1. The first-order valence-corrected chi connectivity index (χ1v) is 6.85. The van der Waals surface area contributed by atoms with Crippen LogP contribution in [0.5, 0.6) is 0 Å². The molecule has 2 rings (SSSR count). The molecule has 0 fully saturated rings. The molecule has 0 aliphatic carbocycles. The van der Waals surface area contributed by atoms with Crippen molar-refractivity contribution >= 4 is 27.3 Å². The van der Waals surface area contributed by atoms with E-state index in [4.69, 9.17) is 0 Å². The van der Waals surface area contributed by atoms with Crippen molar-refractivity contribution in [2.45, 2.75) is 20.0 Å². The second kappa shape index (κ2) is 5.61. The van der Waals surface area contributed by atoms with Crippen molar-refractivity contribution < 1.29 is 0 Å². The molecular formula is C11H14BrN3S. The first kappa shape index (κ1) is 11.8. The van der Waals surface area contributed by atoms with Crippen molar-refractivity contribution in [3.8, 4) is 0 Å². The number of nitrogens with zero attached hydrogens (tertiary/aromatic N) is 2. The lowest BCUT2D eigenvalue weighted by molar-refractivity contribution is 0.694. The third kappa shape index (κ3) is 3.17. The van der Waals surface area contributed by atoms with Crippen LogP contribution in [-0.2, 0) is 13.1 Å². The minimum absolute atomic E-state index is 0.850. The largest absolute Gasteiger partial charge is 0.312 e. The number of halogens is 1. The van der Waals surface area contributed by atoms with Gasteiger partial charge < -0.3 is 5.32 Å². The van der Waals surface area contributed by atoms with E-state index in [9.17, 15) is 0 Å². The van der Waals surface area contributed by atoms with Gasteiger partial charge in [-0.2, -0.15) is 5.10 Å². The van der Waals surface area contributed by atoms with Crippen LogP contribution in [0, 0.1) is 0 Å². The van der Waals surface area contributed by atoms with Gasteiger partial charge in [-0.3, -0.25) is 4.68 Å². The van der Waals surface area contributed by atoms with Crippen LogP contribution < -0.4 is 5.32 Å². The quantitative estimate of drug-likeness (QED) is 0.920. The van der Waals surface area contributed by atoms with Gasteiger partial charge >= 0.3 is 0 Å². The van der Waals surface area contributed by atoms with E-state index in [0.29, 0.717) is 0 Å². The molecule has 1 N–H and O–H groups in total. The smallest absolute Gasteiger partial charge is 0.0752 e. The van der Waals surface area contributed by atoms with Gasteiger partial charge in [0.15, 0.2) is 0 Å². The van der Waals surface area contributed by atoms with Gasteiger partial charge in [0.25, 0.3) is 0 Å². The maximum Gasteiger partial charge on any atom is 0.0752 e. The molecule has 0 aliphatic heterocycles. The molecule has 86 valence electrons. The molecule has 0 unspecified atom stereocenters. The van der Waals surface area contributed by atoms with Crippen LogP contribution in [0.15, 0.2) is 29.0 Å². The standard InChI is InChI=1S/C11H14BrN3S/c1-2-13-6-10-3-4-11(16-10)8-15-7-9(12)5-14-15/h3-5,7,13H,2,6,8H2,1H3. The Morgan fingerprint density at radius 1 is 1.44 bits per heavy atom. The Morgan fingerprint density at radius 3 is 2.94 bits per heavy atom. The van der Waals surface area contributed by atoms with E-state index in [1.54, 1.807) is 0 Å². The summed E-state index contributed by atoms with van der Waals surface area (Å²) in [6.45, 7) is 4.95. The molecule has 0 aromatic carbocycles. The molecule has 5 heteroatoms. The predicted molar refractivity (Wildman–Crippen MR) is 70.7 cm³/mol. The minimum atomic E-state index is 0.850. The number of aromatic nitrogens is 2. The fourth-order valence-electron chi connectivity index (χ4n) is 1.43. The molecule has 2 heterocycles. The average Bonchev–Trinajstić information content (AvgIpc) is 2.86. The Hall–Kier alpha value is -0.650. The second-order valence-electron chi connectivity index (χ2n) is 3.50. The lowest BCUT2D eigenvalue weighted by Crippen LogP contribution is -2.10. The molecule has 0 atom stereocenters. The van der Waals surface area contributed by atoms with Crippen LogP contribution in [0.1, 0.15) is 16.7 Å². The first-order valence-electron chi connectivity index (χ1n) is 5.24. The highest BCUT2D eigenvalue weighted by atomic mass is 79.9. The summed E-state index contributed by atoms with van der Waals surface area (Å²) in [5.41, 5.74) is 0. The highest BCUT2D eigenvalue weighted by molar-refractivity contribution is 9.10. The molecule has 0 radical (unpaired) electrons. The Bertz CT molecular complexity index is 450. The van der Waals surface area contributed by atoms with Crippen LogP contribution in [-0.4, -0.2) is 16.3 Å². The van der Waals surface area contributed by atoms with Crippen LogP contribution >= 0.6 is 27.3 Å². The number of rotatable bonds is 5. The van der Waals surface area contributed by atoms with Gasteiger partial charge in [-0.25, -0.2) is 0 Å². The highest BCUT2D eigenvalue weighted by Crippen LogP contribution is 2.18. The van der Waals surface area contributed by atoms with Crippen LogP contribution in [0.3, 0.4) is 0 Å². The van der Waals surface area contributed by atoms with Crippen molar-refractivity contribution in [3.05, 3.63) is 38.8 Å². The van der Waals surface area contributed by atoms with Gasteiger partial charge in [0.2, 0.25) is 0 Å². The second-order valence-corrected chi connectivity index (χ2v) is 5.67. The zero-order valence-corrected chi connectivity index (χ0v) is 11.5. The number of hydrogen-bond acceptors (Lipinski definition) is 3. The van der Waals surface area contributed by atoms with Crippen molar-refractivity contribution in [1.82, 2.24) is 15.1 Å². The number of hydrogen-bond donors (Lipinski definition) is 1. The molecule has 2 aromatic heterocycles. The fraction of sp³-hybridized carbons (Fsp3) is 0.364. The van der Waals surface area contributed by atoms with E-state index in [-0.39, 0.29) is 0 Å². The van der Waals surface area contributed by atoms with Gasteiger partial charge in [0.1, 0.15) is 0 Å². The normalized spacial score (nSPS) is 10.9. The maximum absolute atomic E-state index is 4.24. The lowest BCUT2D eigenvalue weighted by Gasteiger charge is -1.98. The summed E-state index contributed by atoms with van der Waals surface area (Å²) in [7, 11) is 0. The van der Waals surface area contributed by atoms with E-state index in [2.05, 4.69) is 45.4 Å². The SMILES string of the molecule is CCNCc1ccc(Cn2cc(Br)cn2)s1. The average molecular weight is 300 g/mol. The summed E-state index contributed by atoms with van der Waals surface area (Å²) in [5.74, 6) is 0. The third-order valence-corrected chi connectivity index (χ3v) is 3.67. The zero-order chi connectivity index (χ0) is 11.4. The summed E-state index contributed by atoms with van der Waals surface area (Å²) in [6.07, 6.45) is 3.80. The first-order chi connectivity index (χ1) is 7.78. The molecule has 0 amide bonds. The molecule has 0 saturated carbocycles. The lowest BCUT2D eigenvalue weighted by atomic mass is 10.4. The van der Waals surface area contributed by atoms with Crippen molar-refractivity contribution in [3.63, 3.8) is 0 Å². The van der Waals surface area contributed by atoms with E-state index >= 15 is 0 Å². The van der Waals surface area contributed by atoms with Crippen molar-refractivity contribution in [2.75, 3.05) is 6.54 Å². The molecular weight excluding hydrogens is 286 g/mol. The predicted octanol–water partition coefficient (Wildman–Crippen LogP) is 2.86. The summed E-state index contributed by atoms with van der Waals surface area (Å²) >= 11 is 5.23. The Balaban J connectivity index is 1.97. The zero-order valence-electron chi connectivity index (χ0n) is 9.11. The van der Waals surface area contributed by atoms with E-state index < -0.39 is 0 Å². The molecule has 16 heavy (non-hydrogen) atoms. The van der Waals surface area contributed by atoms with Gasteiger partial charge in [-0.15, -0.1) is 11.3 Å². The van der Waals surface area contributed by atoms with Crippen molar-refractivity contribution in [1.29, 1.82) is 0 Å². The molecule has 2 aromatic rings. The monoisotopic (exact) mass is 299 g/mol. The van der Waals surface area contributed by atoms with E-state index in [0.717, 1.165) is 24.1 Å². The molecule has 3 nitrogen and oxygen atoms in total. The minimum Gasteiger partial charge on any atom is -0.312 e. The molecule has 0 spiro atoms. The molecule has 0 aliphatic rings. The topological polar surface area (TPSA) is 29.9 Å². The van der Waals surface area contributed by atoms with E-state index in [1.165, 1.54) is 9.75 Å². The Labute approximate surface area is 108 Å². The van der Waals surface area contributed by atoms with Crippen molar-refractivity contribution in [2.24, 2.45) is 0 Å². The Morgan fingerprint density at radius 2 is 2.25 bits per heavy atom. The van der Waals surface area contributed by atoms with Crippen LogP contribution in [0.25, 0.3) is 0 Å². The van der Waals surface area contributed by atoms with Gasteiger partial charge in [0, 0.05) is 22.5 Å². The maximum atomic E-state index is 4.24. The Kier molecular flexibility index (Phi) is 4.15. The highest BCUT2D eigenvalue weighted by Gasteiger charge is 2.01. The molecule has 0 bridgehead atoms.